The Morgan fingerprint density at radius 1 is 1.00 bits per heavy atom. The molecule has 0 aromatic carbocycles. The molecule has 1 aromatic rings. The molecule has 0 saturated carbocycles. The summed E-state index contributed by atoms with van der Waals surface area (Å²) in [4.78, 5) is 3.09. The smallest absolute Gasteiger partial charge is 0.369 e. The van der Waals surface area contributed by atoms with E-state index >= 15 is 0 Å². The van der Waals surface area contributed by atoms with Crippen molar-refractivity contribution in [1.29, 1.82) is 0 Å². The van der Waals surface area contributed by atoms with Crippen molar-refractivity contribution in [2.45, 2.75) is 18.0 Å². The van der Waals surface area contributed by atoms with Crippen LogP contribution in [0.3, 0.4) is 0 Å². The average Bonchev–Trinajstić information content (AvgIpc) is 2.14. The van der Waals surface area contributed by atoms with E-state index in [1.807, 2.05) is 0 Å². The first-order valence-electron chi connectivity index (χ1n) is 4.08. The number of hydrogen-bond donors (Lipinski definition) is 1. The fraction of sp³-hybridized carbons (Fsp3) is 0.375. The summed E-state index contributed by atoms with van der Waals surface area (Å²) < 4.78 is 74.1. The molecule has 0 atom stereocenters. The fourth-order valence-electron chi connectivity index (χ4n) is 1.11. The molecule has 2 radical (unpaired) electrons. The zero-order valence-electron chi connectivity index (χ0n) is 7.97. The molecule has 0 spiro atoms. The van der Waals surface area contributed by atoms with Crippen LogP contribution in [-0.4, -0.2) is 30.3 Å². The lowest BCUT2D eigenvalue weighted by Gasteiger charge is -2.32. The van der Waals surface area contributed by atoms with E-state index in [1.54, 1.807) is 0 Å². The molecule has 0 unspecified atom stereocenters. The molecule has 92 valence electrons. The number of hydrogen-bond acceptors (Lipinski definition) is 2. The molecule has 1 N–H and O–H groups in total. The highest BCUT2D eigenvalue weighted by molar-refractivity contribution is 6.30. The second kappa shape index (κ2) is 3.90. The van der Waals surface area contributed by atoms with Gasteiger partial charge < -0.3 is 5.11 Å². The number of pyridine rings is 1. The minimum Gasteiger partial charge on any atom is -0.369 e. The predicted octanol–water partition coefficient (Wildman–Crippen LogP) is 1.19. The molecule has 1 aromatic heterocycles. The number of aliphatic hydroxyl groups is 1. The molecule has 1 heterocycles. The molecule has 0 fully saturated rings. The second-order valence-electron chi connectivity index (χ2n) is 3.18. The third-order valence-corrected chi connectivity index (χ3v) is 2.02. The highest BCUT2D eigenvalue weighted by Crippen LogP contribution is 2.49. The quantitative estimate of drug-likeness (QED) is 0.603. The molecule has 17 heavy (non-hydrogen) atoms. The minimum atomic E-state index is -5.91. The van der Waals surface area contributed by atoms with Crippen molar-refractivity contribution in [3.8, 4) is 0 Å². The highest BCUT2D eigenvalue weighted by atomic mass is 19.4. The predicted molar refractivity (Wildman–Crippen MR) is 45.6 cm³/mol. The van der Waals surface area contributed by atoms with Crippen LogP contribution in [-0.2, 0) is 5.60 Å². The van der Waals surface area contributed by atoms with E-state index in [4.69, 9.17) is 13.0 Å². The van der Waals surface area contributed by atoms with Crippen molar-refractivity contribution in [2.75, 3.05) is 0 Å². The van der Waals surface area contributed by atoms with E-state index in [0.717, 1.165) is 6.07 Å². The summed E-state index contributed by atoms with van der Waals surface area (Å²) in [6, 6.07) is 1.15. The zero-order valence-corrected chi connectivity index (χ0v) is 7.97. The summed E-state index contributed by atoms with van der Waals surface area (Å²) in [5.41, 5.74) is -6.66. The second-order valence-corrected chi connectivity index (χ2v) is 3.18. The Labute approximate surface area is 92.7 Å². The zero-order chi connectivity index (χ0) is 13.5. The van der Waals surface area contributed by atoms with Crippen LogP contribution < -0.4 is 5.59 Å². The van der Waals surface area contributed by atoms with Crippen molar-refractivity contribution in [1.82, 2.24) is 4.98 Å². The lowest BCUT2D eigenvalue weighted by Crippen LogP contribution is -2.54. The van der Waals surface area contributed by atoms with Crippen LogP contribution in [0, 0.1) is 0 Å². The number of rotatable bonds is 1. The first kappa shape index (κ1) is 13.8. The first-order chi connectivity index (χ1) is 7.50. The van der Waals surface area contributed by atoms with Gasteiger partial charge in [0.15, 0.2) is 0 Å². The Bertz CT molecular complexity index is 384. The summed E-state index contributed by atoms with van der Waals surface area (Å²) in [6.45, 7) is 0. The van der Waals surface area contributed by atoms with E-state index in [-0.39, 0.29) is 11.8 Å². The molecule has 0 bridgehead atoms. The standard InChI is InChI=1S/C8H4BF6NO/c9-5-2-1-4(3-16-5)6(17,7(10,11)12)8(13,14)15/h1-3,17H. The van der Waals surface area contributed by atoms with Crippen LogP contribution >= 0.6 is 0 Å². The van der Waals surface area contributed by atoms with E-state index in [1.165, 1.54) is 0 Å². The molecular formula is C8H4BF6NO. The molecule has 0 amide bonds. The first-order valence-corrected chi connectivity index (χ1v) is 4.08. The van der Waals surface area contributed by atoms with Crippen LogP contribution in [0.2, 0.25) is 0 Å². The average molecular weight is 255 g/mol. The summed E-state index contributed by atoms with van der Waals surface area (Å²) in [5.74, 6) is 0. The van der Waals surface area contributed by atoms with Crippen LogP contribution in [0.15, 0.2) is 18.3 Å². The maximum atomic E-state index is 12.4. The van der Waals surface area contributed by atoms with E-state index in [9.17, 15) is 26.3 Å². The Morgan fingerprint density at radius 2 is 1.47 bits per heavy atom. The van der Waals surface area contributed by atoms with Gasteiger partial charge in [0.25, 0.3) is 5.60 Å². The minimum absolute atomic E-state index is 0.232. The van der Waals surface area contributed by atoms with E-state index in [2.05, 4.69) is 4.98 Å². The maximum absolute atomic E-state index is 12.4. The van der Waals surface area contributed by atoms with E-state index < -0.39 is 23.5 Å². The van der Waals surface area contributed by atoms with Gasteiger partial charge in [0, 0.05) is 11.8 Å². The van der Waals surface area contributed by atoms with Crippen molar-refractivity contribution < 1.29 is 31.4 Å². The van der Waals surface area contributed by atoms with Crippen LogP contribution in [0.1, 0.15) is 5.56 Å². The van der Waals surface area contributed by atoms with Crippen LogP contribution in [0.25, 0.3) is 0 Å². The highest BCUT2D eigenvalue weighted by Gasteiger charge is 2.71. The van der Waals surface area contributed by atoms with Crippen molar-refractivity contribution in [3.63, 3.8) is 0 Å². The third-order valence-electron chi connectivity index (χ3n) is 2.02. The van der Waals surface area contributed by atoms with Crippen molar-refractivity contribution in [3.05, 3.63) is 23.9 Å². The van der Waals surface area contributed by atoms with Crippen LogP contribution in [0.5, 0.6) is 0 Å². The molecule has 0 aliphatic carbocycles. The Hall–Kier alpha value is -1.25. The molecule has 0 saturated heterocycles. The Balaban J connectivity index is 3.41. The monoisotopic (exact) mass is 255 g/mol. The topological polar surface area (TPSA) is 33.1 Å². The van der Waals surface area contributed by atoms with Gasteiger partial charge >= 0.3 is 12.4 Å². The lowest BCUT2D eigenvalue weighted by molar-refractivity contribution is -0.376. The van der Waals surface area contributed by atoms with Gasteiger partial charge in [-0.15, -0.1) is 0 Å². The molecule has 0 aliphatic heterocycles. The Kier molecular flexibility index (Phi) is 3.17. The van der Waals surface area contributed by atoms with Crippen molar-refractivity contribution >= 4 is 13.4 Å². The summed E-state index contributed by atoms with van der Waals surface area (Å²) in [6.07, 6.45) is -11.6. The summed E-state index contributed by atoms with van der Waals surface area (Å²) in [7, 11) is 5.03. The molecule has 1 rings (SSSR count). The van der Waals surface area contributed by atoms with Gasteiger partial charge in [0.1, 0.15) is 7.85 Å². The van der Waals surface area contributed by atoms with Gasteiger partial charge in [0.05, 0.1) is 0 Å². The Morgan fingerprint density at radius 3 is 1.76 bits per heavy atom. The maximum Gasteiger partial charge on any atom is 0.430 e. The third kappa shape index (κ3) is 2.24. The lowest BCUT2D eigenvalue weighted by atomic mass is 9.92. The SMILES string of the molecule is [B]c1ccc(C(O)(C(F)(F)F)C(F)(F)F)cn1. The van der Waals surface area contributed by atoms with E-state index in [0.29, 0.717) is 6.07 Å². The van der Waals surface area contributed by atoms with Gasteiger partial charge in [-0.1, -0.05) is 12.1 Å². The van der Waals surface area contributed by atoms with Gasteiger partial charge in [0.2, 0.25) is 0 Å². The normalized spacial score (nSPS) is 13.8. The van der Waals surface area contributed by atoms with Gasteiger partial charge in [-0.2, -0.15) is 26.3 Å². The van der Waals surface area contributed by atoms with Gasteiger partial charge in [-0.05, 0) is 5.59 Å². The number of nitrogens with zero attached hydrogens (tertiary/aromatic N) is 1. The number of alkyl halides is 6. The molecule has 2 nitrogen and oxygen atoms in total. The summed E-state index contributed by atoms with van der Waals surface area (Å²) in [5, 5.41) is 8.92. The molecular weight excluding hydrogens is 251 g/mol. The largest absolute Gasteiger partial charge is 0.430 e. The number of halogens is 6. The van der Waals surface area contributed by atoms with Gasteiger partial charge in [-0.25, -0.2) is 0 Å². The van der Waals surface area contributed by atoms with Crippen molar-refractivity contribution in [2.24, 2.45) is 0 Å². The van der Waals surface area contributed by atoms with Gasteiger partial charge in [-0.3, -0.25) is 4.98 Å². The van der Waals surface area contributed by atoms with Crippen LogP contribution in [0.4, 0.5) is 26.3 Å². The fourth-order valence-corrected chi connectivity index (χ4v) is 1.11. The number of aromatic nitrogens is 1. The molecule has 9 heteroatoms. The molecule has 0 aliphatic rings. The summed E-state index contributed by atoms with van der Waals surface area (Å²) >= 11 is 0.